The molecule has 17 heavy (non-hydrogen) atoms. The van der Waals surface area contributed by atoms with Crippen LogP contribution in [0, 0.1) is 0 Å². The molecule has 0 aliphatic heterocycles. The smallest absolute Gasteiger partial charge is 0.119 e. The fourth-order valence-corrected chi connectivity index (χ4v) is 1.58. The highest BCUT2D eigenvalue weighted by molar-refractivity contribution is 5.63. The van der Waals surface area contributed by atoms with Gasteiger partial charge in [-0.15, -0.1) is 0 Å². The molecule has 0 atom stereocenters. The quantitative estimate of drug-likeness (QED) is 0.633. The second-order valence-electron chi connectivity index (χ2n) is 3.61. The second-order valence-corrected chi connectivity index (χ2v) is 3.61. The SMILES string of the molecule is NOCCOc1ccc(-c2ccccc2)cc1. The first kappa shape index (κ1) is 11.6. The molecule has 0 amide bonds. The van der Waals surface area contributed by atoms with Gasteiger partial charge in [-0.1, -0.05) is 42.5 Å². The van der Waals surface area contributed by atoms with Gasteiger partial charge in [0.05, 0.1) is 0 Å². The summed E-state index contributed by atoms with van der Waals surface area (Å²) in [6.07, 6.45) is 0. The minimum absolute atomic E-state index is 0.389. The molecule has 0 unspecified atom stereocenters. The Kier molecular flexibility index (Phi) is 4.13. The van der Waals surface area contributed by atoms with Crippen molar-refractivity contribution >= 4 is 0 Å². The number of ether oxygens (including phenoxy) is 1. The Balaban J connectivity index is 2.03. The van der Waals surface area contributed by atoms with Crippen LogP contribution in [0.3, 0.4) is 0 Å². The number of nitrogens with two attached hydrogens (primary N) is 1. The van der Waals surface area contributed by atoms with Gasteiger partial charge in [-0.2, -0.15) is 0 Å². The van der Waals surface area contributed by atoms with E-state index in [1.165, 1.54) is 11.1 Å². The van der Waals surface area contributed by atoms with Gasteiger partial charge < -0.3 is 9.57 Å². The summed E-state index contributed by atoms with van der Waals surface area (Å²) >= 11 is 0. The van der Waals surface area contributed by atoms with Gasteiger partial charge in [0.15, 0.2) is 0 Å². The van der Waals surface area contributed by atoms with Gasteiger partial charge in [0.25, 0.3) is 0 Å². The Morgan fingerprint density at radius 1 is 0.765 bits per heavy atom. The van der Waals surface area contributed by atoms with Gasteiger partial charge in [-0.25, -0.2) is 5.90 Å². The van der Waals surface area contributed by atoms with Crippen molar-refractivity contribution in [2.75, 3.05) is 13.2 Å². The highest BCUT2D eigenvalue weighted by Crippen LogP contribution is 2.21. The van der Waals surface area contributed by atoms with Gasteiger partial charge in [0, 0.05) is 0 Å². The molecule has 0 aliphatic rings. The van der Waals surface area contributed by atoms with Crippen LogP contribution in [0.4, 0.5) is 0 Å². The van der Waals surface area contributed by atoms with E-state index in [0.29, 0.717) is 13.2 Å². The minimum atomic E-state index is 0.389. The Labute approximate surface area is 101 Å². The number of benzene rings is 2. The first-order valence-electron chi connectivity index (χ1n) is 5.50. The lowest BCUT2D eigenvalue weighted by Crippen LogP contribution is -2.09. The summed E-state index contributed by atoms with van der Waals surface area (Å²) in [4.78, 5) is 4.43. The Morgan fingerprint density at radius 3 is 2.06 bits per heavy atom. The fourth-order valence-electron chi connectivity index (χ4n) is 1.58. The molecule has 2 aromatic carbocycles. The third-order valence-corrected chi connectivity index (χ3v) is 2.43. The zero-order chi connectivity index (χ0) is 11.9. The van der Waals surface area contributed by atoms with Crippen molar-refractivity contribution in [3.8, 4) is 16.9 Å². The maximum Gasteiger partial charge on any atom is 0.119 e. The van der Waals surface area contributed by atoms with Crippen molar-refractivity contribution in [1.29, 1.82) is 0 Å². The van der Waals surface area contributed by atoms with E-state index < -0.39 is 0 Å². The van der Waals surface area contributed by atoms with E-state index in [4.69, 9.17) is 10.6 Å². The van der Waals surface area contributed by atoms with E-state index in [0.717, 1.165) is 5.75 Å². The van der Waals surface area contributed by atoms with Crippen molar-refractivity contribution < 1.29 is 9.57 Å². The molecule has 2 aromatic rings. The van der Waals surface area contributed by atoms with Crippen LogP contribution in [0.2, 0.25) is 0 Å². The van der Waals surface area contributed by atoms with Crippen LogP contribution < -0.4 is 10.6 Å². The van der Waals surface area contributed by atoms with Gasteiger partial charge in [-0.3, -0.25) is 0 Å². The van der Waals surface area contributed by atoms with Crippen LogP contribution in [-0.2, 0) is 4.84 Å². The Morgan fingerprint density at radius 2 is 1.41 bits per heavy atom. The van der Waals surface area contributed by atoms with Crippen molar-refractivity contribution in [2.24, 2.45) is 5.90 Å². The highest BCUT2D eigenvalue weighted by atomic mass is 16.6. The first-order valence-corrected chi connectivity index (χ1v) is 5.50. The van der Waals surface area contributed by atoms with Crippen molar-refractivity contribution in [3.63, 3.8) is 0 Å². The minimum Gasteiger partial charge on any atom is -0.491 e. The number of hydrogen-bond donors (Lipinski definition) is 1. The van der Waals surface area contributed by atoms with Crippen molar-refractivity contribution in [3.05, 3.63) is 54.6 Å². The zero-order valence-electron chi connectivity index (χ0n) is 9.50. The van der Waals surface area contributed by atoms with Crippen LogP contribution >= 0.6 is 0 Å². The molecule has 2 rings (SSSR count). The fraction of sp³-hybridized carbons (Fsp3) is 0.143. The predicted molar refractivity (Wildman–Crippen MR) is 67.5 cm³/mol. The molecule has 0 radical (unpaired) electrons. The molecule has 88 valence electrons. The second kappa shape index (κ2) is 6.03. The molecule has 3 heteroatoms. The highest BCUT2D eigenvalue weighted by Gasteiger charge is 1.97. The van der Waals surface area contributed by atoms with E-state index in [2.05, 4.69) is 17.0 Å². The third-order valence-electron chi connectivity index (χ3n) is 2.43. The summed E-state index contributed by atoms with van der Waals surface area (Å²) in [7, 11) is 0. The molecule has 0 bridgehead atoms. The number of rotatable bonds is 5. The summed E-state index contributed by atoms with van der Waals surface area (Å²) in [5.74, 6) is 5.73. The lowest BCUT2D eigenvalue weighted by Gasteiger charge is -2.06. The molecular formula is C14H15NO2. The van der Waals surface area contributed by atoms with Gasteiger partial charge >= 0.3 is 0 Å². The summed E-state index contributed by atoms with van der Waals surface area (Å²) in [6, 6.07) is 18.2. The molecule has 0 saturated carbocycles. The normalized spacial score (nSPS) is 10.2. The summed E-state index contributed by atoms with van der Waals surface area (Å²) in [5.41, 5.74) is 2.37. The van der Waals surface area contributed by atoms with Crippen molar-refractivity contribution in [2.45, 2.75) is 0 Å². The van der Waals surface area contributed by atoms with E-state index >= 15 is 0 Å². The molecule has 3 nitrogen and oxygen atoms in total. The first-order chi connectivity index (χ1) is 8.40. The standard InChI is InChI=1S/C14H15NO2/c15-17-11-10-16-14-8-6-13(7-9-14)12-4-2-1-3-5-12/h1-9H,10-11,15H2. The maximum atomic E-state index is 5.43. The topological polar surface area (TPSA) is 44.5 Å². The summed E-state index contributed by atoms with van der Waals surface area (Å²) in [6.45, 7) is 0.849. The third kappa shape index (κ3) is 3.31. The monoisotopic (exact) mass is 229 g/mol. The van der Waals surface area contributed by atoms with E-state index in [-0.39, 0.29) is 0 Å². The van der Waals surface area contributed by atoms with Crippen LogP contribution in [0.1, 0.15) is 0 Å². The lowest BCUT2D eigenvalue weighted by atomic mass is 10.1. The van der Waals surface area contributed by atoms with E-state index in [1.54, 1.807) is 0 Å². The molecule has 2 N–H and O–H groups in total. The van der Waals surface area contributed by atoms with Gasteiger partial charge in [0.2, 0.25) is 0 Å². The molecule has 0 aromatic heterocycles. The van der Waals surface area contributed by atoms with Gasteiger partial charge in [0.1, 0.15) is 19.0 Å². The van der Waals surface area contributed by atoms with E-state index in [9.17, 15) is 0 Å². The Bertz CT molecular complexity index is 440. The number of hydrogen-bond acceptors (Lipinski definition) is 3. The van der Waals surface area contributed by atoms with Crippen LogP contribution in [-0.4, -0.2) is 13.2 Å². The maximum absolute atomic E-state index is 5.43. The zero-order valence-corrected chi connectivity index (χ0v) is 9.50. The molecule has 0 fully saturated rings. The predicted octanol–water partition coefficient (Wildman–Crippen LogP) is 2.62. The average Bonchev–Trinajstić information content (AvgIpc) is 2.41. The lowest BCUT2D eigenvalue weighted by molar-refractivity contribution is 0.102. The van der Waals surface area contributed by atoms with Crippen molar-refractivity contribution in [1.82, 2.24) is 0 Å². The summed E-state index contributed by atoms with van der Waals surface area (Å²) in [5, 5.41) is 0. The molecular weight excluding hydrogens is 214 g/mol. The molecule has 0 heterocycles. The van der Waals surface area contributed by atoms with Crippen LogP contribution in [0.25, 0.3) is 11.1 Å². The summed E-state index contributed by atoms with van der Waals surface area (Å²) < 4.78 is 5.43. The average molecular weight is 229 g/mol. The Hall–Kier alpha value is -1.84. The molecule has 0 spiro atoms. The van der Waals surface area contributed by atoms with Gasteiger partial charge in [-0.05, 0) is 23.3 Å². The molecule has 0 saturated heterocycles. The van der Waals surface area contributed by atoms with Crippen LogP contribution in [0.5, 0.6) is 5.75 Å². The van der Waals surface area contributed by atoms with Crippen LogP contribution in [0.15, 0.2) is 54.6 Å². The molecule has 0 aliphatic carbocycles. The van der Waals surface area contributed by atoms with E-state index in [1.807, 2.05) is 42.5 Å². The largest absolute Gasteiger partial charge is 0.491 e.